The van der Waals surface area contributed by atoms with E-state index in [9.17, 15) is 4.79 Å². The molecule has 5 heteroatoms. The molecule has 3 N–H and O–H groups in total. The lowest BCUT2D eigenvalue weighted by molar-refractivity contribution is -0.124. The summed E-state index contributed by atoms with van der Waals surface area (Å²) in [4.78, 5) is 18.6. The highest BCUT2D eigenvalue weighted by molar-refractivity contribution is 5.82. The van der Waals surface area contributed by atoms with Crippen LogP contribution in [-0.2, 0) is 4.79 Å². The largest absolute Gasteiger partial charge is 0.356 e. The maximum atomic E-state index is 11.9. The molecular weight excluding hydrogens is 252 g/mol. The molecule has 0 radical (unpaired) electrons. The Balaban J connectivity index is 1.81. The average Bonchev–Trinajstić information content (AvgIpc) is 2.48. The quantitative estimate of drug-likeness (QED) is 0.865. The number of rotatable bonds is 4. The summed E-state index contributed by atoms with van der Waals surface area (Å²) in [7, 11) is 0. The molecule has 1 atom stereocenters. The van der Waals surface area contributed by atoms with Crippen LogP contribution < -0.4 is 16.0 Å². The Hall–Kier alpha value is -1.62. The van der Waals surface area contributed by atoms with E-state index < -0.39 is 6.04 Å². The van der Waals surface area contributed by atoms with Crippen molar-refractivity contribution in [3.8, 4) is 0 Å². The Morgan fingerprint density at radius 1 is 1.40 bits per heavy atom. The van der Waals surface area contributed by atoms with E-state index in [0.717, 1.165) is 31.7 Å². The zero-order valence-corrected chi connectivity index (χ0v) is 12.2. The Labute approximate surface area is 120 Å². The number of amides is 1. The zero-order chi connectivity index (χ0) is 14.5. The van der Waals surface area contributed by atoms with Gasteiger partial charge in [-0.05, 0) is 30.9 Å². The van der Waals surface area contributed by atoms with Crippen molar-refractivity contribution in [2.24, 2.45) is 11.7 Å². The normalized spacial score (nSPS) is 18.1. The van der Waals surface area contributed by atoms with Gasteiger partial charge in [0.2, 0.25) is 5.91 Å². The monoisotopic (exact) mass is 276 g/mol. The summed E-state index contributed by atoms with van der Waals surface area (Å²) in [6.45, 7) is 5.76. The molecule has 1 aromatic rings. The van der Waals surface area contributed by atoms with Crippen molar-refractivity contribution in [1.29, 1.82) is 0 Å². The number of anilines is 1. The van der Waals surface area contributed by atoms with Crippen molar-refractivity contribution in [2.75, 3.05) is 18.0 Å². The molecule has 110 valence electrons. The standard InChI is InChI=1S/C15H24N4O/c1-11(2)14(16)15(20)18-12-6-9-19(10-7-12)13-5-3-4-8-17-13/h3-5,8,11-12,14H,6-7,9-10,16H2,1-2H3,(H,18,20)/t14-/m0/s1. The third-order valence-electron chi connectivity index (χ3n) is 3.84. The van der Waals surface area contributed by atoms with Gasteiger partial charge in [0.05, 0.1) is 6.04 Å². The highest BCUT2D eigenvalue weighted by atomic mass is 16.2. The Morgan fingerprint density at radius 2 is 2.10 bits per heavy atom. The summed E-state index contributed by atoms with van der Waals surface area (Å²) >= 11 is 0. The zero-order valence-electron chi connectivity index (χ0n) is 12.2. The SMILES string of the molecule is CC(C)[C@H](N)C(=O)NC1CCN(c2ccccn2)CC1. The predicted molar refractivity (Wildman–Crippen MR) is 80.4 cm³/mol. The number of nitrogens with zero attached hydrogens (tertiary/aromatic N) is 2. The summed E-state index contributed by atoms with van der Waals surface area (Å²) in [6, 6.07) is 5.76. The molecule has 0 aromatic carbocycles. The van der Waals surface area contributed by atoms with Crippen LogP contribution in [0.25, 0.3) is 0 Å². The van der Waals surface area contributed by atoms with Crippen molar-refractivity contribution in [3.63, 3.8) is 0 Å². The van der Waals surface area contributed by atoms with E-state index in [-0.39, 0.29) is 17.9 Å². The van der Waals surface area contributed by atoms with Gasteiger partial charge < -0.3 is 16.0 Å². The van der Waals surface area contributed by atoms with Gasteiger partial charge in [-0.2, -0.15) is 0 Å². The number of pyridine rings is 1. The van der Waals surface area contributed by atoms with Gasteiger partial charge in [0.25, 0.3) is 0 Å². The van der Waals surface area contributed by atoms with Gasteiger partial charge in [-0.25, -0.2) is 4.98 Å². The van der Waals surface area contributed by atoms with Crippen LogP contribution in [-0.4, -0.2) is 36.1 Å². The number of hydrogen-bond donors (Lipinski definition) is 2. The average molecular weight is 276 g/mol. The number of carbonyl (C=O) groups is 1. The summed E-state index contributed by atoms with van der Waals surface area (Å²) in [6.07, 6.45) is 3.69. The first-order chi connectivity index (χ1) is 9.58. The fourth-order valence-electron chi connectivity index (χ4n) is 2.39. The van der Waals surface area contributed by atoms with Crippen molar-refractivity contribution in [3.05, 3.63) is 24.4 Å². The van der Waals surface area contributed by atoms with E-state index in [1.165, 1.54) is 0 Å². The number of hydrogen-bond acceptors (Lipinski definition) is 4. The maximum Gasteiger partial charge on any atom is 0.237 e. The summed E-state index contributed by atoms with van der Waals surface area (Å²) < 4.78 is 0. The van der Waals surface area contributed by atoms with Crippen molar-refractivity contribution < 1.29 is 4.79 Å². The van der Waals surface area contributed by atoms with E-state index in [1.54, 1.807) is 0 Å². The van der Waals surface area contributed by atoms with Gasteiger partial charge >= 0.3 is 0 Å². The predicted octanol–water partition coefficient (Wildman–Crippen LogP) is 1.15. The van der Waals surface area contributed by atoms with Gasteiger partial charge in [0.15, 0.2) is 0 Å². The molecule has 5 nitrogen and oxygen atoms in total. The number of aromatic nitrogens is 1. The molecule has 1 amide bonds. The molecule has 1 fully saturated rings. The highest BCUT2D eigenvalue weighted by Crippen LogP contribution is 2.17. The molecule has 1 aliphatic heterocycles. The Morgan fingerprint density at radius 3 is 2.65 bits per heavy atom. The lowest BCUT2D eigenvalue weighted by Crippen LogP contribution is -2.51. The van der Waals surface area contributed by atoms with Crippen LogP contribution in [0.15, 0.2) is 24.4 Å². The first-order valence-corrected chi connectivity index (χ1v) is 7.30. The molecule has 0 unspecified atom stereocenters. The molecular formula is C15H24N4O. The third kappa shape index (κ3) is 3.70. The first kappa shape index (κ1) is 14.8. The fourth-order valence-corrected chi connectivity index (χ4v) is 2.39. The van der Waals surface area contributed by atoms with Crippen molar-refractivity contribution in [2.45, 2.75) is 38.8 Å². The number of nitrogens with one attached hydrogen (secondary N) is 1. The lowest BCUT2D eigenvalue weighted by Gasteiger charge is -2.33. The topological polar surface area (TPSA) is 71.2 Å². The molecule has 0 aliphatic carbocycles. The molecule has 0 spiro atoms. The number of carbonyl (C=O) groups excluding carboxylic acids is 1. The fraction of sp³-hybridized carbons (Fsp3) is 0.600. The van der Waals surface area contributed by atoms with E-state index in [4.69, 9.17) is 5.73 Å². The first-order valence-electron chi connectivity index (χ1n) is 7.30. The molecule has 0 saturated carbocycles. The van der Waals surface area contributed by atoms with Gasteiger partial charge in [-0.15, -0.1) is 0 Å². The van der Waals surface area contributed by atoms with Gasteiger partial charge in [0, 0.05) is 25.3 Å². The highest BCUT2D eigenvalue weighted by Gasteiger charge is 2.24. The second-order valence-corrected chi connectivity index (χ2v) is 5.73. The van der Waals surface area contributed by atoms with E-state index in [2.05, 4.69) is 15.2 Å². The number of piperidine rings is 1. The van der Waals surface area contributed by atoms with Crippen LogP contribution >= 0.6 is 0 Å². The summed E-state index contributed by atoms with van der Waals surface area (Å²) in [5.74, 6) is 1.15. The third-order valence-corrected chi connectivity index (χ3v) is 3.84. The van der Waals surface area contributed by atoms with Crippen LogP contribution in [0.3, 0.4) is 0 Å². The van der Waals surface area contributed by atoms with Crippen LogP contribution in [0.2, 0.25) is 0 Å². The minimum absolute atomic E-state index is 0.0312. The molecule has 2 rings (SSSR count). The van der Waals surface area contributed by atoms with Gasteiger partial charge in [-0.3, -0.25) is 4.79 Å². The number of nitrogens with two attached hydrogens (primary N) is 1. The molecule has 1 saturated heterocycles. The van der Waals surface area contributed by atoms with Gasteiger partial charge in [0.1, 0.15) is 5.82 Å². The second kappa shape index (κ2) is 6.70. The van der Waals surface area contributed by atoms with Gasteiger partial charge in [-0.1, -0.05) is 19.9 Å². The van der Waals surface area contributed by atoms with Crippen LogP contribution in [0.1, 0.15) is 26.7 Å². The molecule has 20 heavy (non-hydrogen) atoms. The van der Waals surface area contributed by atoms with Crippen LogP contribution in [0.5, 0.6) is 0 Å². The molecule has 0 bridgehead atoms. The molecule has 1 aromatic heterocycles. The Kier molecular flexibility index (Phi) is 4.95. The van der Waals surface area contributed by atoms with Crippen molar-refractivity contribution in [1.82, 2.24) is 10.3 Å². The van der Waals surface area contributed by atoms with Crippen LogP contribution in [0.4, 0.5) is 5.82 Å². The van der Waals surface area contributed by atoms with E-state index >= 15 is 0 Å². The molecule has 2 heterocycles. The van der Waals surface area contributed by atoms with E-state index in [0.29, 0.717) is 0 Å². The lowest BCUT2D eigenvalue weighted by atomic mass is 10.0. The minimum atomic E-state index is -0.413. The van der Waals surface area contributed by atoms with E-state index in [1.807, 2.05) is 38.2 Å². The second-order valence-electron chi connectivity index (χ2n) is 5.73. The Bertz CT molecular complexity index is 427. The summed E-state index contributed by atoms with van der Waals surface area (Å²) in [5, 5.41) is 3.06. The summed E-state index contributed by atoms with van der Waals surface area (Å²) in [5.41, 5.74) is 5.86. The maximum absolute atomic E-state index is 11.9. The molecule has 1 aliphatic rings. The van der Waals surface area contributed by atoms with Crippen LogP contribution in [0, 0.1) is 5.92 Å². The smallest absolute Gasteiger partial charge is 0.237 e. The van der Waals surface area contributed by atoms with Crippen molar-refractivity contribution >= 4 is 11.7 Å². The minimum Gasteiger partial charge on any atom is -0.356 e.